The highest BCUT2D eigenvalue weighted by Gasteiger charge is 2.35. The molecule has 0 aromatic heterocycles. The predicted molar refractivity (Wildman–Crippen MR) is 129 cm³/mol. The molecular weight excluding hydrogens is 374 g/mol. The summed E-state index contributed by atoms with van der Waals surface area (Å²) in [5, 5.41) is 14.5. The van der Waals surface area contributed by atoms with Gasteiger partial charge in [0.05, 0.1) is 11.6 Å². The van der Waals surface area contributed by atoms with Crippen molar-refractivity contribution in [3.63, 3.8) is 0 Å². The minimum Gasteiger partial charge on any atom is -0.192 e. The quantitative estimate of drug-likeness (QED) is 0.265. The van der Waals surface area contributed by atoms with Gasteiger partial charge in [-0.15, -0.1) is 0 Å². The summed E-state index contributed by atoms with van der Waals surface area (Å²) < 4.78 is 0. The molecule has 5 aromatic carbocycles. The number of rotatable bonds is 1. The van der Waals surface area contributed by atoms with Crippen molar-refractivity contribution in [2.75, 3.05) is 0 Å². The molecule has 1 aliphatic carbocycles. The second-order valence-electron chi connectivity index (χ2n) is 8.88. The summed E-state index contributed by atoms with van der Waals surface area (Å²) in [6.45, 7) is 4.70. The van der Waals surface area contributed by atoms with Crippen LogP contribution in [0.4, 0.5) is 0 Å². The summed E-state index contributed by atoms with van der Waals surface area (Å²) in [7, 11) is 0. The van der Waals surface area contributed by atoms with Gasteiger partial charge in [0.15, 0.2) is 0 Å². The summed E-state index contributed by atoms with van der Waals surface area (Å²) in [5.41, 5.74) is 8.40. The third-order valence-electron chi connectivity index (χ3n) is 6.87. The lowest BCUT2D eigenvalue weighted by molar-refractivity contribution is 0.651. The number of nitrogens with zero attached hydrogens (tertiary/aromatic N) is 1. The molecule has 1 aliphatic rings. The highest BCUT2D eigenvalue weighted by Crippen LogP contribution is 2.53. The van der Waals surface area contributed by atoms with E-state index >= 15 is 0 Å². The van der Waals surface area contributed by atoms with E-state index in [0.717, 1.165) is 5.56 Å². The molecule has 1 heteroatoms. The largest absolute Gasteiger partial charge is 0.192 e. The number of benzene rings is 5. The van der Waals surface area contributed by atoms with Crippen LogP contribution in [0.3, 0.4) is 0 Å². The number of fused-ring (bicyclic) bond motifs is 4. The van der Waals surface area contributed by atoms with Crippen molar-refractivity contribution in [1.29, 1.82) is 5.26 Å². The molecule has 0 atom stereocenters. The second kappa shape index (κ2) is 6.30. The average molecular weight is 396 g/mol. The van der Waals surface area contributed by atoms with E-state index in [1.165, 1.54) is 49.4 Å². The van der Waals surface area contributed by atoms with Crippen LogP contribution < -0.4 is 0 Å². The van der Waals surface area contributed by atoms with Crippen LogP contribution >= 0.6 is 0 Å². The molecule has 0 N–H and O–H groups in total. The first-order valence-corrected chi connectivity index (χ1v) is 10.7. The fraction of sp³-hybridized carbons (Fsp3) is 0.100. The van der Waals surface area contributed by atoms with Crippen molar-refractivity contribution in [2.45, 2.75) is 19.3 Å². The third kappa shape index (κ3) is 2.36. The molecule has 0 amide bonds. The first-order chi connectivity index (χ1) is 15.1. The van der Waals surface area contributed by atoms with Crippen molar-refractivity contribution in [3.8, 4) is 28.3 Å². The molecule has 0 spiro atoms. The lowest BCUT2D eigenvalue weighted by atomic mass is 9.66. The fourth-order valence-corrected chi connectivity index (χ4v) is 5.52. The fourth-order valence-electron chi connectivity index (χ4n) is 5.52. The van der Waals surface area contributed by atoms with Crippen LogP contribution in [0.15, 0.2) is 91.0 Å². The van der Waals surface area contributed by atoms with Gasteiger partial charge in [0.25, 0.3) is 0 Å². The molecule has 31 heavy (non-hydrogen) atoms. The van der Waals surface area contributed by atoms with Gasteiger partial charge in [-0.3, -0.25) is 0 Å². The Morgan fingerprint density at radius 2 is 1.29 bits per heavy atom. The molecule has 0 aliphatic heterocycles. The van der Waals surface area contributed by atoms with Gasteiger partial charge in [-0.2, -0.15) is 5.26 Å². The molecule has 146 valence electrons. The molecule has 0 bridgehead atoms. The Labute approximate surface area is 182 Å². The first kappa shape index (κ1) is 17.9. The summed E-state index contributed by atoms with van der Waals surface area (Å²) in [6, 6.07) is 34.5. The average Bonchev–Trinajstić information content (AvgIpc) is 2.81. The maximum atomic E-state index is 9.26. The maximum Gasteiger partial charge on any atom is 0.0991 e. The lowest BCUT2D eigenvalue weighted by Crippen LogP contribution is -2.24. The zero-order valence-electron chi connectivity index (χ0n) is 17.6. The minimum absolute atomic E-state index is 0.105. The van der Waals surface area contributed by atoms with Gasteiger partial charge in [0.1, 0.15) is 0 Å². The second-order valence-corrected chi connectivity index (χ2v) is 8.88. The maximum absolute atomic E-state index is 9.26. The van der Waals surface area contributed by atoms with Gasteiger partial charge < -0.3 is 0 Å². The van der Waals surface area contributed by atoms with Crippen molar-refractivity contribution < 1.29 is 0 Å². The highest BCUT2D eigenvalue weighted by atomic mass is 14.4. The molecule has 6 rings (SSSR count). The topological polar surface area (TPSA) is 23.8 Å². The van der Waals surface area contributed by atoms with E-state index in [0.29, 0.717) is 5.56 Å². The summed E-state index contributed by atoms with van der Waals surface area (Å²) in [6.07, 6.45) is 0. The van der Waals surface area contributed by atoms with Crippen LogP contribution in [0.25, 0.3) is 43.8 Å². The minimum atomic E-state index is -0.105. The third-order valence-corrected chi connectivity index (χ3v) is 6.87. The van der Waals surface area contributed by atoms with Gasteiger partial charge in [-0.05, 0) is 67.1 Å². The van der Waals surface area contributed by atoms with Crippen LogP contribution in [-0.2, 0) is 5.41 Å². The Kier molecular flexibility index (Phi) is 3.64. The monoisotopic (exact) mass is 395 g/mol. The molecule has 0 fully saturated rings. The van der Waals surface area contributed by atoms with E-state index in [4.69, 9.17) is 0 Å². The van der Waals surface area contributed by atoms with Gasteiger partial charge in [0.2, 0.25) is 0 Å². The summed E-state index contributed by atoms with van der Waals surface area (Å²) in [5.74, 6) is 0. The van der Waals surface area contributed by atoms with Crippen molar-refractivity contribution >= 4 is 21.5 Å². The van der Waals surface area contributed by atoms with Gasteiger partial charge in [0, 0.05) is 5.41 Å². The number of nitriles is 1. The Hall–Kier alpha value is -3.89. The number of hydrogen-bond donors (Lipinski definition) is 0. The summed E-state index contributed by atoms with van der Waals surface area (Å²) in [4.78, 5) is 0. The molecule has 0 heterocycles. The zero-order chi connectivity index (χ0) is 21.2. The van der Waals surface area contributed by atoms with Gasteiger partial charge in [-0.25, -0.2) is 0 Å². The molecule has 0 radical (unpaired) electrons. The Morgan fingerprint density at radius 1 is 0.645 bits per heavy atom. The van der Waals surface area contributed by atoms with Crippen LogP contribution in [-0.4, -0.2) is 0 Å². The predicted octanol–water partition coefficient (Wildman–Crippen LogP) is 7.84. The SMILES string of the molecule is CC1(C)c2ccccc2-c2cccc3c(-c4ccc(C#N)cc4)c4ccccc4c1c23. The van der Waals surface area contributed by atoms with Crippen LogP contribution in [0.2, 0.25) is 0 Å². The summed E-state index contributed by atoms with van der Waals surface area (Å²) >= 11 is 0. The van der Waals surface area contributed by atoms with Crippen molar-refractivity contribution in [3.05, 3.63) is 108 Å². The Balaban J connectivity index is 1.86. The number of hydrogen-bond acceptors (Lipinski definition) is 1. The van der Waals surface area contributed by atoms with E-state index in [2.05, 4.69) is 98.8 Å². The molecular formula is C30H21N. The standard InChI is InChI=1S/C30H21N/c1-30(2)26-13-6-5-8-21(26)22-11-7-12-25-27(20-16-14-19(18-31)15-17-20)23-9-3-4-10-24(23)29(30)28(22)25/h3-17H,1-2H3. The van der Waals surface area contributed by atoms with Crippen molar-refractivity contribution in [2.24, 2.45) is 0 Å². The van der Waals surface area contributed by atoms with E-state index in [9.17, 15) is 5.26 Å². The molecule has 0 unspecified atom stereocenters. The van der Waals surface area contributed by atoms with Crippen LogP contribution in [0, 0.1) is 11.3 Å². The highest BCUT2D eigenvalue weighted by molar-refractivity contribution is 6.20. The van der Waals surface area contributed by atoms with E-state index < -0.39 is 0 Å². The van der Waals surface area contributed by atoms with Gasteiger partial charge in [-0.1, -0.05) is 92.7 Å². The van der Waals surface area contributed by atoms with Gasteiger partial charge >= 0.3 is 0 Å². The zero-order valence-corrected chi connectivity index (χ0v) is 17.6. The molecule has 0 saturated heterocycles. The lowest BCUT2D eigenvalue weighted by Gasteiger charge is -2.37. The van der Waals surface area contributed by atoms with E-state index in [1.807, 2.05) is 12.1 Å². The Bertz CT molecular complexity index is 1550. The molecule has 1 nitrogen and oxygen atoms in total. The van der Waals surface area contributed by atoms with Crippen molar-refractivity contribution in [1.82, 2.24) is 0 Å². The smallest absolute Gasteiger partial charge is 0.0991 e. The van der Waals surface area contributed by atoms with E-state index in [-0.39, 0.29) is 5.41 Å². The molecule has 5 aromatic rings. The first-order valence-electron chi connectivity index (χ1n) is 10.7. The molecule has 0 saturated carbocycles. The van der Waals surface area contributed by atoms with E-state index in [1.54, 1.807) is 0 Å². The Morgan fingerprint density at radius 3 is 2.06 bits per heavy atom. The normalized spacial score (nSPS) is 13.7. The van der Waals surface area contributed by atoms with Crippen LogP contribution in [0.5, 0.6) is 0 Å². The van der Waals surface area contributed by atoms with Crippen LogP contribution in [0.1, 0.15) is 30.5 Å².